The van der Waals surface area contributed by atoms with Gasteiger partial charge in [-0.25, -0.2) is 4.98 Å². The molecule has 1 amide bonds. The summed E-state index contributed by atoms with van der Waals surface area (Å²) in [5, 5.41) is 3.03. The van der Waals surface area contributed by atoms with E-state index in [1.54, 1.807) is 31.2 Å². The lowest BCUT2D eigenvalue weighted by Crippen LogP contribution is -2.23. The van der Waals surface area contributed by atoms with Crippen molar-refractivity contribution in [3.05, 3.63) is 47.8 Å². The van der Waals surface area contributed by atoms with Gasteiger partial charge in [-0.2, -0.15) is 0 Å². The summed E-state index contributed by atoms with van der Waals surface area (Å²) >= 11 is 0. The second-order valence-corrected chi connectivity index (χ2v) is 5.80. The van der Waals surface area contributed by atoms with E-state index < -0.39 is 17.7 Å². The van der Waals surface area contributed by atoms with Crippen molar-refractivity contribution in [2.75, 3.05) is 12.4 Å². The van der Waals surface area contributed by atoms with Gasteiger partial charge < -0.3 is 19.8 Å². The number of rotatable bonds is 5. The van der Waals surface area contributed by atoms with Crippen LogP contribution in [0.1, 0.15) is 23.0 Å². The number of aromatic nitrogens is 2. The van der Waals surface area contributed by atoms with Gasteiger partial charge in [-0.3, -0.25) is 14.4 Å². The van der Waals surface area contributed by atoms with E-state index in [1.807, 2.05) is 0 Å². The number of methoxy groups -OCH3 is 1. The highest BCUT2D eigenvalue weighted by Crippen LogP contribution is 2.27. The zero-order valence-corrected chi connectivity index (χ0v) is 15.0. The van der Waals surface area contributed by atoms with Crippen LogP contribution in [-0.4, -0.2) is 34.7 Å². The molecule has 0 bridgehead atoms. The molecule has 3 aromatic rings. The van der Waals surface area contributed by atoms with Crippen molar-refractivity contribution in [3.8, 4) is 11.6 Å². The van der Waals surface area contributed by atoms with Crippen molar-refractivity contribution in [1.29, 1.82) is 0 Å². The van der Waals surface area contributed by atoms with Crippen LogP contribution in [0.15, 0.2) is 36.5 Å². The lowest BCUT2D eigenvalue weighted by atomic mass is 10.1. The van der Waals surface area contributed by atoms with Gasteiger partial charge in [0, 0.05) is 41.5 Å². The van der Waals surface area contributed by atoms with E-state index in [1.165, 1.54) is 26.3 Å². The van der Waals surface area contributed by atoms with Crippen molar-refractivity contribution in [2.24, 2.45) is 0 Å². The molecule has 0 saturated heterocycles. The number of fused-ring (bicyclic) bond motifs is 1. The van der Waals surface area contributed by atoms with Crippen LogP contribution in [0.2, 0.25) is 0 Å². The third kappa shape index (κ3) is 3.79. The molecule has 2 heterocycles. The number of aryl methyl sites for hydroxylation is 1. The van der Waals surface area contributed by atoms with E-state index >= 15 is 0 Å². The number of anilines is 1. The molecule has 2 aromatic heterocycles. The first kappa shape index (κ1) is 18.1. The standard InChI is InChI=1S/C19H17N3O5/c1-10-17(14-9-13(27-11(2)23)4-5-15(14)21-10)18(24)19(25)22-12-6-7-20-16(8-12)26-3/h4-9,21H,1-3H3,(H,20,22,25). The quantitative estimate of drug-likeness (QED) is 0.310. The van der Waals surface area contributed by atoms with Crippen molar-refractivity contribution < 1.29 is 23.9 Å². The minimum Gasteiger partial charge on any atom is -0.481 e. The number of nitrogens with one attached hydrogen (secondary N) is 2. The lowest BCUT2D eigenvalue weighted by Gasteiger charge is -2.06. The lowest BCUT2D eigenvalue weighted by molar-refractivity contribution is -0.131. The zero-order chi connectivity index (χ0) is 19.6. The Labute approximate surface area is 154 Å². The third-order valence-corrected chi connectivity index (χ3v) is 3.85. The maximum atomic E-state index is 12.7. The van der Waals surface area contributed by atoms with Gasteiger partial charge in [0.1, 0.15) is 5.75 Å². The molecule has 8 heteroatoms. The number of H-pyrrole nitrogens is 1. The monoisotopic (exact) mass is 367 g/mol. The van der Waals surface area contributed by atoms with Gasteiger partial charge in [0.25, 0.3) is 11.7 Å². The Bertz CT molecular complexity index is 1050. The summed E-state index contributed by atoms with van der Waals surface area (Å²) in [6.07, 6.45) is 1.46. The van der Waals surface area contributed by atoms with Crippen molar-refractivity contribution in [2.45, 2.75) is 13.8 Å². The number of carbonyl (C=O) groups is 3. The molecule has 0 radical (unpaired) electrons. The summed E-state index contributed by atoms with van der Waals surface area (Å²) in [5.41, 5.74) is 1.80. The number of ether oxygens (including phenoxy) is 2. The second kappa shape index (κ2) is 7.28. The molecule has 2 N–H and O–H groups in total. The second-order valence-electron chi connectivity index (χ2n) is 5.80. The number of esters is 1. The smallest absolute Gasteiger partial charge is 0.308 e. The van der Waals surface area contributed by atoms with Crippen molar-refractivity contribution >= 4 is 34.3 Å². The number of Topliss-reactive ketones (excluding diaryl/α,β-unsaturated/α-hetero) is 1. The molecule has 27 heavy (non-hydrogen) atoms. The van der Waals surface area contributed by atoms with Crippen molar-refractivity contribution in [3.63, 3.8) is 0 Å². The molecule has 0 atom stereocenters. The summed E-state index contributed by atoms with van der Waals surface area (Å²) in [5.74, 6) is -1.38. The highest BCUT2D eigenvalue weighted by atomic mass is 16.5. The molecule has 3 rings (SSSR count). The van der Waals surface area contributed by atoms with Crippen LogP contribution in [0.3, 0.4) is 0 Å². The Hall–Kier alpha value is -3.68. The van der Waals surface area contributed by atoms with E-state index in [0.717, 1.165) is 0 Å². The molecule has 8 nitrogen and oxygen atoms in total. The Kier molecular flexibility index (Phi) is 4.89. The number of ketones is 1. The Morgan fingerprint density at radius 2 is 1.93 bits per heavy atom. The number of pyridine rings is 1. The molecule has 1 aromatic carbocycles. The van der Waals surface area contributed by atoms with E-state index in [2.05, 4.69) is 15.3 Å². The highest BCUT2D eigenvalue weighted by Gasteiger charge is 2.23. The third-order valence-electron chi connectivity index (χ3n) is 3.85. The first-order chi connectivity index (χ1) is 12.9. The number of aromatic amines is 1. The van der Waals surface area contributed by atoms with Gasteiger partial charge >= 0.3 is 5.97 Å². The first-order valence-electron chi connectivity index (χ1n) is 8.05. The molecule has 0 aliphatic carbocycles. The maximum absolute atomic E-state index is 12.7. The largest absolute Gasteiger partial charge is 0.481 e. The predicted octanol–water partition coefficient (Wildman–Crippen LogP) is 2.63. The fourth-order valence-electron chi connectivity index (χ4n) is 2.73. The Morgan fingerprint density at radius 3 is 2.63 bits per heavy atom. The van der Waals surface area contributed by atoms with Crippen LogP contribution in [0.4, 0.5) is 5.69 Å². The van der Waals surface area contributed by atoms with Crippen LogP contribution >= 0.6 is 0 Å². The van der Waals surface area contributed by atoms with E-state index in [-0.39, 0.29) is 5.56 Å². The van der Waals surface area contributed by atoms with Crippen LogP contribution in [0.25, 0.3) is 10.9 Å². The summed E-state index contributed by atoms with van der Waals surface area (Å²) in [6.45, 7) is 2.98. The Balaban J connectivity index is 1.92. The average molecular weight is 367 g/mol. The van der Waals surface area contributed by atoms with Crippen molar-refractivity contribution in [1.82, 2.24) is 9.97 Å². The predicted molar refractivity (Wildman–Crippen MR) is 98.1 cm³/mol. The first-order valence-corrected chi connectivity index (χ1v) is 8.05. The van der Waals surface area contributed by atoms with Gasteiger partial charge in [0.05, 0.1) is 12.7 Å². The molecule has 0 saturated carbocycles. The maximum Gasteiger partial charge on any atom is 0.308 e. The topological polar surface area (TPSA) is 110 Å². The minimum atomic E-state index is -0.801. The molecule has 0 spiro atoms. The minimum absolute atomic E-state index is 0.220. The van der Waals surface area contributed by atoms with Crippen LogP contribution < -0.4 is 14.8 Å². The van der Waals surface area contributed by atoms with Crippen LogP contribution in [-0.2, 0) is 9.59 Å². The molecule has 138 valence electrons. The number of amides is 1. The van der Waals surface area contributed by atoms with E-state index in [9.17, 15) is 14.4 Å². The summed E-state index contributed by atoms with van der Waals surface area (Å²) in [6, 6.07) is 7.90. The molecule has 0 aliphatic heterocycles. The number of benzene rings is 1. The Morgan fingerprint density at radius 1 is 1.15 bits per heavy atom. The fourth-order valence-corrected chi connectivity index (χ4v) is 2.73. The van der Waals surface area contributed by atoms with Gasteiger partial charge in [-0.05, 0) is 31.2 Å². The van der Waals surface area contributed by atoms with Gasteiger partial charge in [0.15, 0.2) is 0 Å². The summed E-state index contributed by atoms with van der Waals surface area (Å²) in [4.78, 5) is 43.4. The van der Waals surface area contributed by atoms with Crippen LogP contribution in [0.5, 0.6) is 11.6 Å². The molecule has 0 aliphatic rings. The number of hydrogen-bond acceptors (Lipinski definition) is 6. The number of carbonyl (C=O) groups excluding carboxylic acids is 3. The van der Waals surface area contributed by atoms with Gasteiger partial charge in [-0.1, -0.05) is 0 Å². The average Bonchev–Trinajstić information content (AvgIpc) is 2.95. The highest BCUT2D eigenvalue weighted by molar-refractivity contribution is 6.48. The van der Waals surface area contributed by atoms with Gasteiger partial charge in [0.2, 0.25) is 5.88 Å². The number of hydrogen-bond donors (Lipinski definition) is 2. The van der Waals surface area contributed by atoms with Crippen LogP contribution in [0, 0.1) is 6.92 Å². The molecular weight excluding hydrogens is 350 g/mol. The molecule has 0 fully saturated rings. The number of nitrogens with zero attached hydrogens (tertiary/aromatic N) is 1. The summed E-state index contributed by atoms with van der Waals surface area (Å²) in [7, 11) is 1.45. The fraction of sp³-hybridized carbons (Fsp3) is 0.158. The summed E-state index contributed by atoms with van der Waals surface area (Å²) < 4.78 is 10.1. The van der Waals surface area contributed by atoms with E-state index in [0.29, 0.717) is 33.9 Å². The van der Waals surface area contributed by atoms with E-state index in [4.69, 9.17) is 9.47 Å². The van der Waals surface area contributed by atoms with Gasteiger partial charge in [-0.15, -0.1) is 0 Å². The SMILES string of the molecule is COc1cc(NC(=O)C(=O)c2c(C)[nH]c3ccc(OC(C)=O)cc23)ccn1. The zero-order valence-electron chi connectivity index (χ0n) is 15.0. The normalized spacial score (nSPS) is 10.5. The molecule has 0 unspecified atom stereocenters. The molecular formula is C19H17N3O5.